The number of rotatable bonds is 7. The fourth-order valence-electron chi connectivity index (χ4n) is 2.60. The van der Waals surface area contributed by atoms with E-state index in [-0.39, 0.29) is 18.1 Å². The van der Waals surface area contributed by atoms with Crippen LogP contribution < -0.4 is 24.6 Å². The van der Waals surface area contributed by atoms with Crippen LogP contribution in [-0.2, 0) is 9.59 Å². The molecule has 1 amide bonds. The molecule has 0 saturated carbocycles. The van der Waals surface area contributed by atoms with Gasteiger partial charge in [-0.05, 0) is 42.8 Å². The number of fused-ring (bicyclic) bond motifs is 1. The summed E-state index contributed by atoms with van der Waals surface area (Å²) in [6.45, 7) is 0.900. The molecule has 1 atom stereocenters. The van der Waals surface area contributed by atoms with Crippen LogP contribution in [-0.4, -0.2) is 37.4 Å². The quantitative estimate of drug-likeness (QED) is 0.693. The Balaban J connectivity index is 1.66. The third-order valence-electron chi connectivity index (χ3n) is 4.16. The predicted octanol–water partition coefficient (Wildman–Crippen LogP) is 0.945. The first-order chi connectivity index (χ1) is 13.9. The molecule has 2 aromatic carbocycles. The minimum atomic E-state index is -1.39. The summed E-state index contributed by atoms with van der Waals surface area (Å²) in [5.74, 6) is -0.771. The van der Waals surface area contributed by atoms with Crippen molar-refractivity contribution in [2.24, 2.45) is 0 Å². The van der Waals surface area contributed by atoms with Gasteiger partial charge in [0.25, 0.3) is 5.91 Å². The van der Waals surface area contributed by atoms with E-state index in [1.54, 1.807) is 43.5 Å². The lowest BCUT2D eigenvalue weighted by molar-refractivity contribution is -0.307. The summed E-state index contributed by atoms with van der Waals surface area (Å²) < 4.78 is 16.1. The molecule has 1 N–H and O–H groups in total. The van der Waals surface area contributed by atoms with Crippen molar-refractivity contribution in [3.63, 3.8) is 0 Å². The van der Waals surface area contributed by atoms with Crippen LogP contribution in [0.25, 0.3) is 6.08 Å². The highest BCUT2D eigenvalue weighted by Gasteiger charge is 2.27. The molecule has 0 aromatic heterocycles. The van der Waals surface area contributed by atoms with E-state index >= 15 is 0 Å². The van der Waals surface area contributed by atoms with Crippen LogP contribution in [0, 0.1) is 0 Å². The molecule has 1 heterocycles. The lowest BCUT2D eigenvalue weighted by atomic mass is 10.1. The maximum Gasteiger partial charge on any atom is 0.258 e. The zero-order chi connectivity index (χ0) is 21.0. The van der Waals surface area contributed by atoms with Gasteiger partial charge >= 0.3 is 0 Å². The molecule has 0 bridgehead atoms. The van der Waals surface area contributed by atoms with Crippen molar-refractivity contribution in [2.75, 3.05) is 13.7 Å². The number of carboxylic acids is 1. The number of Topliss-reactive ketones (excluding diaryl/α,β-unsaturated/α-hetero) is 1. The second-order valence-corrected chi connectivity index (χ2v) is 6.27. The molecule has 1 aliphatic rings. The number of carbonyl (C=O) groups excluding carboxylic acids is 3. The number of benzene rings is 2. The van der Waals surface area contributed by atoms with Gasteiger partial charge in [0.05, 0.1) is 24.7 Å². The van der Waals surface area contributed by atoms with Gasteiger partial charge in [-0.1, -0.05) is 12.1 Å². The Morgan fingerprint density at radius 2 is 1.86 bits per heavy atom. The molecule has 2 aromatic rings. The lowest BCUT2D eigenvalue weighted by Crippen LogP contribution is -2.47. The van der Waals surface area contributed by atoms with Crippen molar-refractivity contribution in [3.05, 3.63) is 59.4 Å². The van der Waals surface area contributed by atoms with Gasteiger partial charge in [-0.2, -0.15) is 0 Å². The Hall–Kier alpha value is -3.81. The van der Waals surface area contributed by atoms with E-state index in [1.807, 2.05) is 0 Å². The van der Waals surface area contributed by atoms with E-state index in [9.17, 15) is 19.5 Å². The molecule has 150 valence electrons. The number of methoxy groups -OCH3 is 1. The molecule has 8 nitrogen and oxygen atoms in total. The zero-order valence-corrected chi connectivity index (χ0v) is 15.8. The summed E-state index contributed by atoms with van der Waals surface area (Å²) in [7, 11) is 1.57. The van der Waals surface area contributed by atoms with E-state index in [0.29, 0.717) is 22.8 Å². The van der Waals surface area contributed by atoms with E-state index in [4.69, 9.17) is 14.2 Å². The number of hydrogen-bond donors (Lipinski definition) is 1. The minimum absolute atomic E-state index is 0.169. The number of aliphatic carboxylic acids is 1. The van der Waals surface area contributed by atoms with Gasteiger partial charge in [-0.15, -0.1) is 0 Å². The van der Waals surface area contributed by atoms with Crippen molar-refractivity contribution >= 4 is 23.7 Å². The number of allylic oxidation sites excluding steroid dienone is 1. The molecule has 29 heavy (non-hydrogen) atoms. The summed E-state index contributed by atoms with van der Waals surface area (Å²) in [6, 6.07) is 10.6. The SMILES string of the molecule is COc1ccc(C=C2Oc3cc(OCC(=O)N[C@H](C)C(=O)[O-])ccc3C2=O)cc1. The van der Waals surface area contributed by atoms with Crippen molar-refractivity contribution in [1.82, 2.24) is 5.32 Å². The van der Waals surface area contributed by atoms with Gasteiger partial charge in [-0.3, -0.25) is 9.59 Å². The monoisotopic (exact) mass is 396 g/mol. The van der Waals surface area contributed by atoms with Gasteiger partial charge in [0.2, 0.25) is 5.78 Å². The molecule has 1 aliphatic heterocycles. The Kier molecular flexibility index (Phi) is 5.82. The van der Waals surface area contributed by atoms with Crippen LogP contribution in [0.4, 0.5) is 0 Å². The van der Waals surface area contributed by atoms with E-state index in [0.717, 1.165) is 5.56 Å². The highest BCUT2D eigenvalue weighted by atomic mass is 16.5. The van der Waals surface area contributed by atoms with Crippen LogP contribution in [0.15, 0.2) is 48.2 Å². The van der Waals surface area contributed by atoms with Crippen molar-refractivity contribution in [3.8, 4) is 17.2 Å². The first-order valence-electron chi connectivity index (χ1n) is 8.72. The highest BCUT2D eigenvalue weighted by Crippen LogP contribution is 2.35. The largest absolute Gasteiger partial charge is 0.548 e. The Bertz CT molecular complexity index is 979. The second-order valence-electron chi connectivity index (χ2n) is 6.27. The van der Waals surface area contributed by atoms with Gasteiger partial charge in [0.15, 0.2) is 12.4 Å². The maximum absolute atomic E-state index is 12.5. The van der Waals surface area contributed by atoms with Crippen molar-refractivity contribution in [1.29, 1.82) is 0 Å². The lowest BCUT2D eigenvalue weighted by Gasteiger charge is -2.14. The van der Waals surface area contributed by atoms with Crippen LogP contribution in [0.3, 0.4) is 0 Å². The molecule has 0 aliphatic carbocycles. The third-order valence-corrected chi connectivity index (χ3v) is 4.16. The van der Waals surface area contributed by atoms with Crippen LogP contribution >= 0.6 is 0 Å². The maximum atomic E-state index is 12.5. The van der Waals surface area contributed by atoms with E-state index in [2.05, 4.69) is 5.32 Å². The first kappa shape index (κ1) is 19.9. The number of carbonyl (C=O) groups is 3. The molecule has 0 fully saturated rings. The summed E-state index contributed by atoms with van der Waals surface area (Å²) in [5.41, 5.74) is 1.16. The Morgan fingerprint density at radius 1 is 1.17 bits per heavy atom. The summed E-state index contributed by atoms with van der Waals surface area (Å²) >= 11 is 0. The van der Waals surface area contributed by atoms with Gasteiger partial charge in [0, 0.05) is 6.07 Å². The van der Waals surface area contributed by atoms with E-state index < -0.39 is 17.9 Å². The van der Waals surface area contributed by atoms with Crippen molar-refractivity contribution < 1.29 is 33.7 Å². The Morgan fingerprint density at radius 3 is 2.52 bits per heavy atom. The number of carboxylic acid groups (broad SMARTS) is 1. The third kappa shape index (κ3) is 4.73. The Labute approximate surface area is 166 Å². The highest BCUT2D eigenvalue weighted by molar-refractivity contribution is 6.14. The number of nitrogens with one attached hydrogen (secondary N) is 1. The van der Waals surface area contributed by atoms with Gasteiger partial charge in [-0.25, -0.2) is 0 Å². The molecule has 3 rings (SSSR count). The smallest absolute Gasteiger partial charge is 0.258 e. The van der Waals surface area contributed by atoms with Crippen molar-refractivity contribution in [2.45, 2.75) is 13.0 Å². The number of ether oxygens (including phenoxy) is 3. The molecular formula is C21H18NO7-. The average molecular weight is 396 g/mol. The van der Waals surface area contributed by atoms with Gasteiger partial charge < -0.3 is 29.4 Å². The number of amides is 1. The number of ketones is 1. The van der Waals surface area contributed by atoms with E-state index in [1.165, 1.54) is 19.1 Å². The summed E-state index contributed by atoms with van der Waals surface area (Å²) in [4.78, 5) is 34.8. The standard InChI is InChI=1S/C21H19NO7/c1-12(21(25)26)22-19(23)11-28-15-7-8-16-17(10-15)29-18(20(16)24)9-13-3-5-14(27-2)6-4-13/h3-10,12H,11H2,1-2H3,(H,22,23)(H,25,26)/p-1/t12-/m1/s1. The topological polar surface area (TPSA) is 114 Å². The van der Waals surface area contributed by atoms with Gasteiger partial charge in [0.1, 0.15) is 17.2 Å². The average Bonchev–Trinajstić information content (AvgIpc) is 3.01. The molecule has 0 spiro atoms. The molecule has 0 unspecified atom stereocenters. The predicted molar refractivity (Wildman–Crippen MR) is 100 cm³/mol. The summed E-state index contributed by atoms with van der Waals surface area (Å²) in [6.07, 6.45) is 1.62. The summed E-state index contributed by atoms with van der Waals surface area (Å²) in [5, 5.41) is 12.9. The first-order valence-corrected chi connectivity index (χ1v) is 8.72. The normalized spacial score (nSPS) is 14.7. The van der Waals surface area contributed by atoms with Crippen LogP contribution in [0.1, 0.15) is 22.8 Å². The zero-order valence-electron chi connectivity index (χ0n) is 15.8. The minimum Gasteiger partial charge on any atom is -0.548 e. The van der Waals surface area contributed by atoms with Crippen LogP contribution in [0.2, 0.25) is 0 Å². The second kappa shape index (κ2) is 8.47. The molecule has 8 heteroatoms. The fraction of sp³-hybridized carbons (Fsp3) is 0.190. The molecule has 0 saturated heterocycles. The van der Waals surface area contributed by atoms with Crippen LogP contribution in [0.5, 0.6) is 17.2 Å². The molecule has 0 radical (unpaired) electrons. The fourth-order valence-corrected chi connectivity index (χ4v) is 2.60. The molecular weight excluding hydrogens is 378 g/mol. The number of hydrogen-bond acceptors (Lipinski definition) is 7.